The van der Waals surface area contributed by atoms with Crippen LogP contribution in [-0.4, -0.2) is 9.97 Å². The number of aromatic amines is 1. The van der Waals surface area contributed by atoms with Crippen LogP contribution in [0.5, 0.6) is 0 Å². The van der Waals surface area contributed by atoms with Crippen LogP contribution in [0.2, 0.25) is 10.0 Å². The molecule has 0 unspecified atom stereocenters. The number of aromatic nitrogens is 2. The second-order valence-electron chi connectivity index (χ2n) is 5.21. The van der Waals surface area contributed by atoms with Crippen LogP contribution in [0.4, 0.5) is 0 Å². The van der Waals surface area contributed by atoms with E-state index in [0.717, 1.165) is 10.4 Å². The topological polar surface area (TPSA) is 69.5 Å². The Bertz CT molecular complexity index is 1090. The van der Waals surface area contributed by atoms with Crippen molar-refractivity contribution in [2.24, 2.45) is 0 Å². The first-order chi connectivity index (χ1) is 11.4. The van der Waals surface area contributed by atoms with E-state index in [0.29, 0.717) is 25.8 Å². The van der Waals surface area contributed by atoms with E-state index in [9.17, 15) is 10.1 Å². The van der Waals surface area contributed by atoms with Crippen LogP contribution >= 0.6 is 34.5 Å². The smallest absolute Gasteiger partial charge is 0.260 e. The van der Waals surface area contributed by atoms with Crippen molar-refractivity contribution in [2.75, 3.05) is 0 Å². The minimum absolute atomic E-state index is 0.224. The highest BCUT2D eigenvalue weighted by atomic mass is 35.5. The molecule has 24 heavy (non-hydrogen) atoms. The number of H-pyrrole nitrogens is 1. The molecule has 1 N–H and O–H groups in total. The van der Waals surface area contributed by atoms with Gasteiger partial charge < -0.3 is 4.98 Å². The van der Waals surface area contributed by atoms with Gasteiger partial charge in [-0.2, -0.15) is 5.26 Å². The summed E-state index contributed by atoms with van der Waals surface area (Å²) in [5.41, 5.74) is 1.51. The highest BCUT2D eigenvalue weighted by Crippen LogP contribution is 2.28. The van der Waals surface area contributed by atoms with Crippen molar-refractivity contribution in [3.63, 3.8) is 0 Å². The number of hydrogen-bond donors (Lipinski definition) is 1. The van der Waals surface area contributed by atoms with Gasteiger partial charge in [0.1, 0.15) is 10.9 Å². The number of nitrogens with one attached hydrogen (secondary N) is 1. The quantitative estimate of drug-likeness (QED) is 0.642. The molecule has 2 heterocycles. The SMILES string of the molecule is Cc1sc2nc(/C(C#N)=C/c3ccc(Cl)cc3Cl)[nH]c(=O)c2c1C. The molecule has 4 nitrogen and oxygen atoms in total. The summed E-state index contributed by atoms with van der Waals surface area (Å²) < 4.78 is 0. The molecule has 0 atom stereocenters. The van der Waals surface area contributed by atoms with E-state index in [4.69, 9.17) is 23.2 Å². The molecule has 0 bridgehead atoms. The average molecular weight is 376 g/mol. The lowest BCUT2D eigenvalue weighted by molar-refractivity contribution is 1.13. The van der Waals surface area contributed by atoms with Crippen LogP contribution in [0.3, 0.4) is 0 Å². The first-order valence-corrected chi connectivity index (χ1v) is 8.55. The molecule has 7 heteroatoms. The third kappa shape index (κ3) is 2.96. The molecule has 0 aliphatic carbocycles. The number of allylic oxidation sites excluding steroid dienone is 1. The molecular formula is C17H11Cl2N3OS. The van der Waals surface area contributed by atoms with Gasteiger partial charge in [-0.15, -0.1) is 11.3 Å². The van der Waals surface area contributed by atoms with Crippen molar-refractivity contribution < 1.29 is 0 Å². The second-order valence-corrected chi connectivity index (χ2v) is 7.26. The van der Waals surface area contributed by atoms with Crippen LogP contribution in [0, 0.1) is 25.2 Å². The molecule has 0 saturated heterocycles. The Balaban J connectivity index is 2.18. The molecule has 0 saturated carbocycles. The monoisotopic (exact) mass is 375 g/mol. The van der Waals surface area contributed by atoms with Crippen LogP contribution < -0.4 is 5.56 Å². The second kappa shape index (κ2) is 6.40. The van der Waals surface area contributed by atoms with Gasteiger partial charge in [0.2, 0.25) is 0 Å². The van der Waals surface area contributed by atoms with E-state index in [1.165, 1.54) is 11.3 Å². The van der Waals surface area contributed by atoms with E-state index >= 15 is 0 Å². The van der Waals surface area contributed by atoms with Crippen molar-refractivity contribution in [1.29, 1.82) is 5.26 Å². The molecule has 1 aromatic carbocycles. The fourth-order valence-corrected chi connectivity index (χ4v) is 3.80. The van der Waals surface area contributed by atoms with Crippen LogP contribution in [-0.2, 0) is 0 Å². The lowest BCUT2D eigenvalue weighted by atomic mass is 10.1. The number of fused-ring (bicyclic) bond motifs is 1. The van der Waals surface area contributed by atoms with Crippen molar-refractivity contribution in [1.82, 2.24) is 9.97 Å². The first kappa shape index (κ1) is 16.7. The van der Waals surface area contributed by atoms with E-state index in [-0.39, 0.29) is 17.0 Å². The summed E-state index contributed by atoms with van der Waals surface area (Å²) in [5, 5.41) is 11.0. The van der Waals surface area contributed by atoms with Gasteiger partial charge in [0.25, 0.3) is 5.56 Å². The number of aryl methyl sites for hydroxylation is 2. The zero-order chi connectivity index (χ0) is 17.4. The highest BCUT2D eigenvalue weighted by molar-refractivity contribution is 7.18. The molecule has 2 aromatic heterocycles. The molecule has 0 spiro atoms. The van der Waals surface area contributed by atoms with Gasteiger partial charge in [-0.05, 0) is 43.2 Å². The molecule has 0 aliphatic rings. The van der Waals surface area contributed by atoms with Crippen molar-refractivity contribution in [3.8, 4) is 6.07 Å². The number of halogens is 2. The van der Waals surface area contributed by atoms with Gasteiger partial charge >= 0.3 is 0 Å². The number of benzene rings is 1. The van der Waals surface area contributed by atoms with E-state index < -0.39 is 0 Å². The average Bonchev–Trinajstić information content (AvgIpc) is 2.81. The maximum Gasteiger partial charge on any atom is 0.260 e. The Kier molecular flexibility index (Phi) is 4.46. The zero-order valence-electron chi connectivity index (χ0n) is 12.8. The summed E-state index contributed by atoms with van der Waals surface area (Å²) in [4.78, 5) is 21.1. The van der Waals surface area contributed by atoms with Gasteiger partial charge in [-0.3, -0.25) is 4.79 Å². The Morgan fingerprint density at radius 2 is 2.12 bits per heavy atom. The molecular weight excluding hydrogens is 365 g/mol. The zero-order valence-corrected chi connectivity index (χ0v) is 15.1. The number of rotatable bonds is 2. The summed E-state index contributed by atoms with van der Waals surface area (Å²) in [6.45, 7) is 3.83. The lowest BCUT2D eigenvalue weighted by Gasteiger charge is -2.02. The molecule has 3 aromatic rings. The summed E-state index contributed by atoms with van der Waals surface area (Å²) in [6, 6.07) is 7.04. The molecule has 3 rings (SSSR count). The third-order valence-electron chi connectivity index (χ3n) is 3.68. The first-order valence-electron chi connectivity index (χ1n) is 6.98. The fraction of sp³-hybridized carbons (Fsp3) is 0.118. The molecule has 0 aliphatic heterocycles. The molecule has 120 valence electrons. The van der Waals surface area contributed by atoms with Crippen molar-refractivity contribution >= 4 is 56.4 Å². The van der Waals surface area contributed by atoms with Crippen molar-refractivity contribution in [2.45, 2.75) is 13.8 Å². The van der Waals surface area contributed by atoms with E-state index in [2.05, 4.69) is 16.0 Å². The van der Waals surface area contributed by atoms with Crippen LogP contribution in [0.15, 0.2) is 23.0 Å². The molecule has 0 amide bonds. The largest absolute Gasteiger partial charge is 0.305 e. The van der Waals surface area contributed by atoms with E-state index in [1.807, 2.05) is 13.8 Å². The maximum absolute atomic E-state index is 12.3. The predicted molar refractivity (Wildman–Crippen MR) is 99.7 cm³/mol. The minimum atomic E-state index is -0.250. The Morgan fingerprint density at radius 3 is 2.79 bits per heavy atom. The standard InChI is InChI=1S/C17H11Cl2N3OS/c1-8-9(2)24-17-14(8)16(23)21-15(22-17)11(7-20)5-10-3-4-12(18)6-13(10)19/h3-6H,1-2H3,(H,21,22,23)/b11-5+. The summed E-state index contributed by atoms with van der Waals surface area (Å²) >= 11 is 13.5. The number of nitrogens with zero attached hydrogens (tertiary/aromatic N) is 2. The third-order valence-corrected chi connectivity index (χ3v) is 5.34. The van der Waals surface area contributed by atoms with Gasteiger partial charge in [0.05, 0.1) is 11.0 Å². The molecule has 0 fully saturated rings. The van der Waals surface area contributed by atoms with E-state index in [1.54, 1.807) is 24.3 Å². The van der Waals surface area contributed by atoms with Gasteiger partial charge in [0.15, 0.2) is 5.82 Å². The van der Waals surface area contributed by atoms with Gasteiger partial charge in [-0.1, -0.05) is 29.3 Å². The highest BCUT2D eigenvalue weighted by Gasteiger charge is 2.14. The Morgan fingerprint density at radius 1 is 1.38 bits per heavy atom. The number of thiophene rings is 1. The van der Waals surface area contributed by atoms with Crippen LogP contribution in [0.25, 0.3) is 21.9 Å². The Hall–Kier alpha value is -2.13. The minimum Gasteiger partial charge on any atom is -0.305 e. The Labute approximate surface area is 152 Å². The number of hydrogen-bond acceptors (Lipinski definition) is 4. The normalized spacial score (nSPS) is 11.7. The van der Waals surface area contributed by atoms with Crippen LogP contribution in [0.1, 0.15) is 21.8 Å². The summed E-state index contributed by atoms with van der Waals surface area (Å²) in [6.07, 6.45) is 1.58. The maximum atomic E-state index is 12.3. The summed E-state index contributed by atoms with van der Waals surface area (Å²) in [5.74, 6) is 0.224. The van der Waals surface area contributed by atoms with Crippen molar-refractivity contribution in [3.05, 3.63) is 60.4 Å². The fourth-order valence-electron chi connectivity index (χ4n) is 2.31. The van der Waals surface area contributed by atoms with Gasteiger partial charge in [0, 0.05) is 14.9 Å². The van der Waals surface area contributed by atoms with Gasteiger partial charge in [-0.25, -0.2) is 4.98 Å². The molecule has 0 radical (unpaired) electrons. The summed E-state index contributed by atoms with van der Waals surface area (Å²) in [7, 11) is 0. The predicted octanol–water partition coefficient (Wildman–Crippen LogP) is 4.97. The lowest BCUT2D eigenvalue weighted by Crippen LogP contribution is -2.10. The number of nitriles is 1.